The Morgan fingerprint density at radius 3 is 2.09 bits per heavy atom. The van der Waals surface area contributed by atoms with E-state index in [0.717, 1.165) is 63.3 Å². The van der Waals surface area contributed by atoms with Crippen molar-refractivity contribution in [1.82, 2.24) is 14.7 Å². The molecular weight excluding hydrogens is 414 g/mol. The molecule has 182 valence electrons. The number of unbranched alkanes of at least 4 members (excludes halogenated alkanes) is 5. The molecule has 6 nitrogen and oxygen atoms in total. The molecule has 1 aromatic carbocycles. The second kappa shape index (κ2) is 12.2. The van der Waals surface area contributed by atoms with Crippen LogP contribution in [0.2, 0.25) is 0 Å². The highest BCUT2D eigenvalue weighted by molar-refractivity contribution is 6.35. The van der Waals surface area contributed by atoms with Gasteiger partial charge in [-0.25, -0.2) is 0 Å². The molecule has 0 unspecified atom stereocenters. The van der Waals surface area contributed by atoms with Crippen LogP contribution in [0.1, 0.15) is 71.8 Å². The summed E-state index contributed by atoms with van der Waals surface area (Å²) in [6.45, 7) is 13.2. The molecule has 2 amide bonds. The number of piperazine rings is 1. The number of rotatable bonds is 12. The highest BCUT2D eigenvalue weighted by Crippen LogP contribution is 2.33. The minimum absolute atomic E-state index is 0.0861. The monoisotopic (exact) mass is 455 g/mol. The molecule has 2 aliphatic rings. The second-order valence-corrected chi connectivity index (χ2v) is 9.37. The lowest BCUT2D eigenvalue weighted by molar-refractivity contribution is -0.137. The summed E-state index contributed by atoms with van der Waals surface area (Å²) in [7, 11) is 0. The zero-order valence-electron chi connectivity index (χ0n) is 20.9. The third kappa shape index (κ3) is 6.38. The van der Waals surface area contributed by atoms with Crippen LogP contribution in [0.3, 0.4) is 0 Å². The number of imide groups is 1. The van der Waals surface area contributed by atoms with E-state index in [1.807, 2.05) is 38.1 Å². The second-order valence-electron chi connectivity index (χ2n) is 9.37. The predicted molar refractivity (Wildman–Crippen MR) is 133 cm³/mol. The third-order valence-corrected chi connectivity index (χ3v) is 6.53. The van der Waals surface area contributed by atoms with Gasteiger partial charge in [-0.3, -0.25) is 14.5 Å². The van der Waals surface area contributed by atoms with E-state index in [1.54, 1.807) is 0 Å². The maximum absolute atomic E-state index is 13.5. The highest BCUT2D eigenvalue weighted by Gasteiger charge is 2.41. The van der Waals surface area contributed by atoms with Gasteiger partial charge < -0.3 is 14.5 Å². The molecule has 0 radical (unpaired) electrons. The molecule has 2 aliphatic heterocycles. The van der Waals surface area contributed by atoms with E-state index < -0.39 is 0 Å². The Hall–Kier alpha value is -2.34. The van der Waals surface area contributed by atoms with E-state index in [4.69, 9.17) is 4.74 Å². The van der Waals surface area contributed by atoms with E-state index in [-0.39, 0.29) is 17.9 Å². The maximum Gasteiger partial charge on any atom is 0.277 e. The molecule has 33 heavy (non-hydrogen) atoms. The van der Waals surface area contributed by atoms with Gasteiger partial charge in [0.15, 0.2) is 0 Å². The van der Waals surface area contributed by atoms with E-state index >= 15 is 0 Å². The van der Waals surface area contributed by atoms with Crippen LogP contribution >= 0.6 is 0 Å². The van der Waals surface area contributed by atoms with Gasteiger partial charge in [-0.05, 0) is 44.5 Å². The van der Waals surface area contributed by atoms with Gasteiger partial charge in [-0.2, -0.15) is 0 Å². The summed E-state index contributed by atoms with van der Waals surface area (Å²) in [6, 6.07) is 7.61. The smallest absolute Gasteiger partial charge is 0.277 e. The average molecular weight is 456 g/mol. The van der Waals surface area contributed by atoms with Crippen LogP contribution in [0.15, 0.2) is 30.0 Å². The van der Waals surface area contributed by atoms with Gasteiger partial charge in [0.25, 0.3) is 11.8 Å². The molecule has 0 N–H and O–H groups in total. The van der Waals surface area contributed by atoms with Crippen molar-refractivity contribution >= 4 is 17.4 Å². The summed E-state index contributed by atoms with van der Waals surface area (Å²) < 4.78 is 5.77. The Balaban J connectivity index is 1.80. The number of carbonyl (C=O) groups is 2. The minimum atomic E-state index is -0.154. The van der Waals surface area contributed by atoms with Crippen LogP contribution in [0, 0.1) is 0 Å². The summed E-state index contributed by atoms with van der Waals surface area (Å²) in [5, 5.41) is 0. The standard InChI is InChI=1S/C27H41N3O3/c1-5-7-8-9-10-11-16-30-26(31)24(22-12-14-23(15-13-22)33-21(3)4)25(27(30)32)29-19-17-28(6-2)18-20-29/h12-15,21H,5-11,16-20H2,1-4H3. The summed E-state index contributed by atoms with van der Waals surface area (Å²) in [4.78, 5) is 33.0. The van der Waals surface area contributed by atoms with Gasteiger partial charge in [0.2, 0.25) is 0 Å². The maximum atomic E-state index is 13.5. The first-order chi connectivity index (χ1) is 16.0. The van der Waals surface area contributed by atoms with Crippen molar-refractivity contribution in [3.63, 3.8) is 0 Å². The summed E-state index contributed by atoms with van der Waals surface area (Å²) in [6.07, 6.45) is 6.85. The average Bonchev–Trinajstić information content (AvgIpc) is 3.06. The van der Waals surface area contributed by atoms with Crippen molar-refractivity contribution in [3.8, 4) is 5.75 Å². The molecule has 0 saturated carbocycles. The first-order valence-corrected chi connectivity index (χ1v) is 12.8. The predicted octanol–water partition coefficient (Wildman–Crippen LogP) is 4.55. The number of hydrogen-bond acceptors (Lipinski definition) is 5. The fraction of sp³-hybridized carbons (Fsp3) is 0.630. The van der Waals surface area contributed by atoms with E-state index in [1.165, 1.54) is 24.2 Å². The third-order valence-electron chi connectivity index (χ3n) is 6.53. The first kappa shape index (κ1) is 25.3. The van der Waals surface area contributed by atoms with Gasteiger partial charge >= 0.3 is 0 Å². The van der Waals surface area contributed by atoms with E-state index in [9.17, 15) is 9.59 Å². The lowest BCUT2D eigenvalue weighted by atomic mass is 10.0. The van der Waals surface area contributed by atoms with Crippen LogP contribution in [-0.2, 0) is 9.59 Å². The van der Waals surface area contributed by atoms with Crippen LogP contribution in [0.5, 0.6) is 5.75 Å². The summed E-state index contributed by atoms with van der Waals surface area (Å²) in [5.41, 5.74) is 1.93. The molecule has 6 heteroatoms. The molecule has 1 fully saturated rings. The Bertz CT molecular complexity index is 824. The summed E-state index contributed by atoms with van der Waals surface area (Å²) >= 11 is 0. The van der Waals surface area contributed by atoms with Gasteiger partial charge in [0.05, 0.1) is 11.7 Å². The van der Waals surface area contributed by atoms with Crippen LogP contribution in [0.25, 0.3) is 5.57 Å². The Labute approximate surface area is 199 Å². The van der Waals surface area contributed by atoms with Gasteiger partial charge in [0.1, 0.15) is 11.4 Å². The molecular formula is C27H41N3O3. The molecule has 0 bridgehead atoms. The largest absolute Gasteiger partial charge is 0.491 e. The van der Waals surface area contributed by atoms with Gasteiger partial charge in [0, 0.05) is 32.7 Å². The van der Waals surface area contributed by atoms with Crippen LogP contribution < -0.4 is 4.74 Å². The number of ether oxygens (including phenoxy) is 1. The molecule has 0 aromatic heterocycles. The van der Waals surface area contributed by atoms with Crippen LogP contribution in [0.4, 0.5) is 0 Å². The fourth-order valence-electron chi connectivity index (χ4n) is 4.63. The molecule has 0 aliphatic carbocycles. The highest BCUT2D eigenvalue weighted by atomic mass is 16.5. The first-order valence-electron chi connectivity index (χ1n) is 12.8. The number of carbonyl (C=O) groups excluding carboxylic acids is 2. The quantitative estimate of drug-likeness (QED) is 0.342. The van der Waals surface area contributed by atoms with Gasteiger partial charge in [-0.15, -0.1) is 0 Å². The lowest BCUT2D eigenvalue weighted by Crippen LogP contribution is -2.47. The van der Waals surface area contributed by atoms with Crippen molar-refractivity contribution in [2.75, 3.05) is 39.3 Å². The molecule has 1 saturated heterocycles. The van der Waals surface area contributed by atoms with Crippen molar-refractivity contribution < 1.29 is 14.3 Å². The zero-order chi connectivity index (χ0) is 23.8. The number of benzene rings is 1. The minimum Gasteiger partial charge on any atom is -0.491 e. The van der Waals surface area contributed by atoms with E-state index in [2.05, 4.69) is 23.6 Å². The van der Waals surface area contributed by atoms with Crippen molar-refractivity contribution in [2.24, 2.45) is 0 Å². The summed E-state index contributed by atoms with van der Waals surface area (Å²) in [5.74, 6) is 0.489. The van der Waals surface area contributed by atoms with Crippen molar-refractivity contribution in [2.45, 2.75) is 72.3 Å². The number of hydrogen-bond donors (Lipinski definition) is 0. The van der Waals surface area contributed by atoms with Gasteiger partial charge in [-0.1, -0.05) is 58.1 Å². The molecule has 1 aromatic rings. The fourth-order valence-corrected chi connectivity index (χ4v) is 4.63. The van der Waals surface area contributed by atoms with E-state index in [0.29, 0.717) is 17.8 Å². The Kier molecular flexibility index (Phi) is 9.36. The molecule has 0 spiro atoms. The number of nitrogens with zero attached hydrogens (tertiary/aromatic N) is 3. The Morgan fingerprint density at radius 2 is 1.48 bits per heavy atom. The zero-order valence-corrected chi connectivity index (χ0v) is 20.9. The lowest BCUT2D eigenvalue weighted by Gasteiger charge is -2.36. The molecule has 2 heterocycles. The van der Waals surface area contributed by atoms with Crippen molar-refractivity contribution in [3.05, 3.63) is 35.5 Å². The molecule has 0 atom stereocenters. The Morgan fingerprint density at radius 1 is 0.848 bits per heavy atom. The van der Waals surface area contributed by atoms with Crippen molar-refractivity contribution in [1.29, 1.82) is 0 Å². The SMILES string of the molecule is CCCCCCCCN1C(=O)C(c2ccc(OC(C)C)cc2)=C(N2CCN(CC)CC2)C1=O. The number of amides is 2. The van der Waals surface area contributed by atoms with Crippen LogP contribution in [-0.4, -0.2) is 71.9 Å². The topological polar surface area (TPSA) is 53.1 Å². The molecule has 3 rings (SSSR count). The number of likely N-dealkylation sites (N-methyl/N-ethyl adjacent to an activating group) is 1. The normalized spacial score (nSPS) is 17.6.